The minimum atomic E-state index is 0. The molecule has 26 heavy (non-hydrogen) atoms. The second-order valence-electron chi connectivity index (χ2n) is 7.09. The molecule has 1 saturated heterocycles. The monoisotopic (exact) mass is 374 g/mol. The van der Waals surface area contributed by atoms with E-state index >= 15 is 0 Å². The molecule has 1 fully saturated rings. The number of aromatic nitrogens is 2. The van der Waals surface area contributed by atoms with Gasteiger partial charge in [-0.15, -0.1) is 12.4 Å². The molecule has 1 aromatic heterocycles. The summed E-state index contributed by atoms with van der Waals surface area (Å²) < 4.78 is 1.99. The first kappa shape index (κ1) is 18.9. The van der Waals surface area contributed by atoms with Gasteiger partial charge in [-0.25, -0.2) is 4.68 Å². The molecule has 5 nitrogen and oxygen atoms in total. The molecule has 1 aliphatic carbocycles. The van der Waals surface area contributed by atoms with E-state index in [0.29, 0.717) is 12.2 Å². The molecule has 0 bridgehead atoms. The quantitative estimate of drug-likeness (QED) is 0.894. The largest absolute Gasteiger partial charge is 0.333 e. The summed E-state index contributed by atoms with van der Waals surface area (Å²) >= 11 is 0. The third kappa shape index (κ3) is 3.14. The summed E-state index contributed by atoms with van der Waals surface area (Å²) in [6.07, 6.45) is 6.10. The Morgan fingerprint density at radius 2 is 2.00 bits per heavy atom. The van der Waals surface area contributed by atoms with Gasteiger partial charge in [0.05, 0.1) is 5.69 Å². The van der Waals surface area contributed by atoms with E-state index in [1.165, 1.54) is 11.3 Å². The van der Waals surface area contributed by atoms with E-state index in [1.54, 1.807) is 0 Å². The van der Waals surface area contributed by atoms with Crippen molar-refractivity contribution in [1.82, 2.24) is 14.7 Å². The lowest BCUT2D eigenvalue weighted by atomic mass is 10.1. The molecule has 0 spiro atoms. The average Bonchev–Trinajstić information content (AvgIpc) is 3.36. The van der Waals surface area contributed by atoms with Crippen molar-refractivity contribution in [2.75, 3.05) is 13.1 Å². The molecule has 6 heteroatoms. The number of fused-ring (bicyclic) bond motifs is 1. The Balaban J connectivity index is 0.00000196. The molecule has 4 rings (SSSR count). The van der Waals surface area contributed by atoms with Gasteiger partial charge >= 0.3 is 0 Å². The number of hydrogen-bond acceptors (Lipinski definition) is 3. The summed E-state index contributed by atoms with van der Waals surface area (Å²) in [6.45, 7) is 3.49. The topological polar surface area (TPSA) is 64.2 Å². The zero-order valence-corrected chi connectivity index (χ0v) is 16.1. The molecule has 1 aromatic carbocycles. The second-order valence-corrected chi connectivity index (χ2v) is 7.09. The summed E-state index contributed by atoms with van der Waals surface area (Å²) in [5, 5.41) is 4.76. The van der Waals surface area contributed by atoms with Crippen LogP contribution in [0.2, 0.25) is 0 Å². The van der Waals surface area contributed by atoms with Gasteiger partial charge in [0.1, 0.15) is 0 Å². The summed E-state index contributed by atoms with van der Waals surface area (Å²) in [6, 6.07) is 8.67. The maximum absolute atomic E-state index is 13.1. The van der Waals surface area contributed by atoms with Gasteiger partial charge in [-0.1, -0.05) is 19.1 Å². The van der Waals surface area contributed by atoms with E-state index in [4.69, 9.17) is 10.8 Å². The van der Waals surface area contributed by atoms with Gasteiger partial charge in [0, 0.05) is 30.4 Å². The van der Waals surface area contributed by atoms with Crippen LogP contribution in [-0.2, 0) is 19.3 Å². The number of hydrogen-bond donors (Lipinski definition) is 1. The Bertz CT molecular complexity index is 784. The number of aryl methyl sites for hydroxylation is 1. The Labute approximate surface area is 161 Å². The first-order valence-electron chi connectivity index (χ1n) is 9.44. The van der Waals surface area contributed by atoms with Gasteiger partial charge in [0.2, 0.25) is 0 Å². The third-order valence-electron chi connectivity index (χ3n) is 5.63. The van der Waals surface area contributed by atoms with Crippen molar-refractivity contribution >= 4 is 18.3 Å². The van der Waals surface area contributed by atoms with Crippen LogP contribution in [0.15, 0.2) is 24.3 Å². The number of amides is 1. The highest BCUT2D eigenvalue weighted by Crippen LogP contribution is 2.30. The van der Waals surface area contributed by atoms with Crippen LogP contribution in [0.4, 0.5) is 0 Å². The van der Waals surface area contributed by atoms with E-state index in [1.807, 2.05) is 9.58 Å². The molecule has 1 aliphatic heterocycles. The molecule has 2 aromatic rings. The van der Waals surface area contributed by atoms with Crippen LogP contribution >= 0.6 is 12.4 Å². The lowest BCUT2D eigenvalue weighted by Crippen LogP contribution is -2.40. The van der Waals surface area contributed by atoms with E-state index in [9.17, 15) is 4.79 Å². The lowest BCUT2D eigenvalue weighted by Gasteiger charge is -2.22. The predicted molar refractivity (Wildman–Crippen MR) is 105 cm³/mol. The molecular formula is C20H27ClN4O. The number of halogens is 1. The minimum Gasteiger partial charge on any atom is -0.333 e. The summed E-state index contributed by atoms with van der Waals surface area (Å²) in [4.78, 5) is 15.1. The fraction of sp³-hybridized carbons (Fsp3) is 0.500. The normalized spacial score (nSPS) is 18.7. The minimum absolute atomic E-state index is 0. The van der Waals surface area contributed by atoms with Gasteiger partial charge in [0.15, 0.2) is 5.69 Å². The number of likely N-dealkylation sites (tertiary alicyclic amines) is 1. The molecule has 0 radical (unpaired) electrons. The molecule has 2 N–H and O–H groups in total. The first-order chi connectivity index (χ1) is 12.2. The van der Waals surface area contributed by atoms with Gasteiger partial charge in [-0.2, -0.15) is 5.10 Å². The van der Waals surface area contributed by atoms with Crippen LogP contribution in [0, 0.1) is 0 Å². The van der Waals surface area contributed by atoms with Crippen molar-refractivity contribution in [1.29, 1.82) is 0 Å². The number of rotatable bonds is 4. The van der Waals surface area contributed by atoms with Crippen LogP contribution in [0.3, 0.4) is 0 Å². The SMILES string of the molecule is CCc1ccc(-n2nc(C(=O)N3CCCC3CN)c3c2CCC3)cc1.Cl. The van der Waals surface area contributed by atoms with Crippen LogP contribution in [0.25, 0.3) is 5.69 Å². The van der Waals surface area contributed by atoms with Gasteiger partial charge in [0.25, 0.3) is 5.91 Å². The first-order valence-corrected chi connectivity index (χ1v) is 9.44. The maximum Gasteiger partial charge on any atom is 0.274 e. The number of benzene rings is 1. The number of carbonyl (C=O) groups is 1. The van der Waals surface area contributed by atoms with E-state index in [0.717, 1.165) is 56.3 Å². The molecule has 2 aliphatic rings. The highest BCUT2D eigenvalue weighted by molar-refractivity contribution is 5.94. The molecular weight excluding hydrogens is 348 g/mol. The van der Waals surface area contributed by atoms with Crippen molar-refractivity contribution in [2.24, 2.45) is 5.73 Å². The van der Waals surface area contributed by atoms with E-state index in [2.05, 4.69) is 31.2 Å². The average molecular weight is 375 g/mol. The van der Waals surface area contributed by atoms with Crippen molar-refractivity contribution in [2.45, 2.75) is 51.5 Å². The Kier molecular flexibility index (Phi) is 5.68. The molecule has 1 amide bonds. The van der Waals surface area contributed by atoms with Crippen molar-refractivity contribution in [3.63, 3.8) is 0 Å². The molecule has 1 unspecified atom stereocenters. The summed E-state index contributed by atoms with van der Waals surface area (Å²) in [7, 11) is 0. The zero-order valence-electron chi connectivity index (χ0n) is 15.3. The smallest absolute Gasteiger partial charge is 0.274 e. The second kappa shape index (κ2) is 7.80. The third-order valence-corrected chi connectivity index (χ3v) is 5.63. The highest BCUT2D eigenvalue weighted by Gasteiger charge is 2.34. The summed E-state index contributed by atoms with van der Waals surface area (Å²) in [5.74, 6) is 0.0648. The fourth-order valence-electron chi connectivity index (χ4n) is 4.18. The Morgan fingerprint density at radius 3 is 2.69 bits per heavy atom. The zero-order chi connectivity index (χ0) is 17.4. The van der Waals surface area contributed by atoms with Crippen molar-refractivity contribution < 1.29 is 4.79 Å². The van der Waals surface area contributed by atoms with Gasteiger partial charge in [-0.05, 0) is 56.2 Å². The predicted octanol–water partition coefficient (Wildman–Crippen LogP) is 2.91. The van der Waals surface area contributed by atoms with E-state index in [-0.39, 0.29) is 24.4 Å². The number of nitrogens with two attached hydrogens (primary N) is 1. The van der Waals surface area contributed by atoms with Crippen LogP contribution in [-0.4, -0.2) is 39.7 Å². The number of carbonyl (C=O) groups excluding carboxylic acids is 1. The highest BCUT2D eigenvalue weighted by atomic mass is 35.5. The molecule has 140 valence electrons. The van der Waals surface area contributed by atoms with Crippen molar-refractivity contribution in [3.05, 3.63) is 46.8 Å². The Morgan fingerprint density at radius 1 is 1.23 bits per heavy atom. The Hall–Kier alpha value is -1.85. The van der Waals surface area contributed by atoms with Crippen molar-refractivity contribution in [3.8, 4) is 5.69 Å². The number of nitrogens with zero attached hydrogens (tertiary/aromatic N) is 3. The van der Waals surface area contributed by atoms with Crippen LogP contribution < -0.4 is 5.73 Å². The summed E-state index contributed by atoms with van der Waals surface area (Å²) in [5.41, 5.74) is 11.2. The maximum atomic E-state index is 13.1. The van der Waals surface area contributed by atoms with Crippen LogP contribution in [0.1, 0.15) is 53.5 Å². The van der Waals surface area contributed by atoms with Gasteiger partial charge < -0.3 is 10.6 Å². The van der Waals surface area contributed by atoms with E-state index < -0.39 is 0 Å². The molecule has 2 heterocycles. The van der Waals surface area contributed by atoms with Gasteiger partial charge in [-0.3, -0.25) is 4.79 Å². The molecule has 1 atom stereocenters. The standard InChI is InChI=1S/C20H26N4O.ClH/c1-2-14-8-10-15(11-9-14)24-18-7-3-6-17(18)19(22-24)20(25)23-12-4-5-16(23)13-21;/h8-11,16H,2-7,12-13,21H2,1H3;1H. The lowest BCUT2D eigenvalue weighted by molar-refractivity contribution is 0.0733. The van der Waals surface area contributed by atoms with Crippen LogP contribution in [0.5, 0.6) is 0 Å². The molecule has 0 saturated carbocycles. The fourth-order valence-corrected chi connectivity index (χ4v) is 4.18.